The van der Waals surface area contributed by atoms with Crippen molar-refractivity contribution in [2.45, 2.75) is 31.8 Å². The molecule has 0 aliphatic rings. The first kappa shape index (κ1) is 26.5. The fourth-order valence-corrected chi connectivity index (χ4v) is 4.17. The van der Waals surface area contributed by atoms with Gasteiger partial charge in [-0.05, 0) is 38.5 Å². The number of benzene rings is 1. The molecule has 1 unspecified atom stereocenters. The van der Waals surface area contributed by atoms with Gasteiger partial charge in [0.25, 0.3) is 5.69 Å². The van der Waals surface area contributed by atoms with Crippen molar-refractivity contribution in [3.63, 3.8) is 0 Å². The fourth-order valence-electron chi connectivity index (χ4n) is 3.18. The van der Waals surface area contributed by atoms with E-state index in [-0.39, 0.29) is 16.9 Å². The molecule has 0 aliphatic carbocycles. The first-order chi connectivity index (χ1) is 15.8. The van der Waals surface area contributed by atoms with Crippen LogP contribution in [0.1, 0.15) is 39.0 Å². The van der Waals surface area contributed by atoms with Crippen LogP contribution < -0.4 is 10.0 Å². The van der Waals surface area contributed by atoms with Crippen LogP contribution in [0.2, 0.25) is 0 Å². The second-order valence-electron chi connectivity index (χ2n) is 7.12. The number of carbonyl (C=O) groups is 3. The maximum absolute atomic E-state index is 12.7. The maximum Gasteiger partial charge on any atom is 0.339 e. The van der Waals surface area contributed by atoms with Gasteiger partial charge in [-0.25, -0.2) is 13.2 Å². The topological polar surface area (TPSA) is 187 Å². The number of nitrogens with zero attached hydrogens (tertiary/aromatic N) is 1. The van der Waals surface area contributed by atoms with Gasteiger partial charge in [0, 0.05) is 18.8 Å². The molecule has 0 amide bonds. The van der Waals surface area contributed by atoms with E-state index in [0.29, 0.717) is 11.3 Å². The number of aromatic nitrogens is 1. The zero-order valence-electron chi connectivity index (χ0n) is 19.0. The van der Waals surface area contributed by atoms with Crippen LogP contribution >= 0.6 is 0 Å². The Morgan fingerprint density at radius 3 is 2.44 bits per heavy atom. The molecule has 0 saturated heterocycles. The quantitative estimate of drug-likeness (QED) is 0.188. The molecule has 0 spiro atoms. The number of ketones is 1. The summed E-state index contributed by atoms with van der Waals surface area (Å²) in [4.78, 5) is 49.5. The number of hydrogen-bond acceptors (Lipinski definition) is 10. The van der Waals surface area contributed by atoms with Gasteiger partial charge in [0.05, 0.1) is 28.2 Å². The van der Waals surface area contributed by atoms with Crippen LogP contribution in [0.3, 0.4) is 0 Å². The molecule has 1 heterocycles. The van der Waals surface area contributed by atoms with Crippen molar-refractivity contribution in [3.8, 4) is 0 Å². The van der Waals surface area contributed by atoms with E-state index >= 15 is 0 Å². The summed E-state index contributed by atoms with van der Waals surface area (Å²) in [6.07, 6.45) is -1.30. The van der Waals surface area contributed by atoms with Gasteiger partial charge in [-0.3, -0.25) is 19.7 Å². The lowest BCUT2D eigenvalue weighted by atomic mass is 10.1. The summed E-state index contributed by atoms with van der Waals surface area (Å²) < 4.78 is 36.6. The normalized spacial score (nSPS) is 12.0. The molecule has 1 atom stereocenters. The van der Waals surface area contributed by atoms with Crippen LogP contribution in [0.5, 0.6) is 0 Å². The number of nitro groups is 1. The molecule has 0 radical (unpaired) electrons. The number of nitro benzene ring substituents is 1. The Kier molecular flexibility index (Phi) is 8.13. The summed E-state index contributed by atoms with van der Waals surface area (Å²) >= 11 is 0. The third-order valence-electron chi connectivity index (χ3n) is 4.90. The average molecular weight is 496 g/mol. The molecule has 0 saturated carbocycles. The first-order valence-electron chi connectivity index (χ1n) is 9.81. The number of ether oxygens (including phenoxy) is 2. The number of sulfonamides is 1. The maximum atomic E-state index is 12.7. The molecule has 184 valence electrons. The summed E-state index contributed by atoms with van der Waals surface area (Å²) in [7, 11) is -1.64. The Labute approximate surface area is 195 Å². The molecule has 14 heteroatoms. The number of rotatable bonds is 10. The summed E-state index contributed by atoms with van der Waals surface area (Å²) in [5.74, 6) is -2.32. The van der Waals surface area contributed by atoms with Gasteiger partial charge < -0.3 is 19.8 Å². The second-order valence-corrected chi connectivity index (χ2v) is 8.89. The van der Waals surface area contributed by atoms with Crippen LogP contribution in [0, 0.1) is 24.0 Å². The van der Waals surface area contributed by atoms with Gasteiger partial charge in [-0.1, -0.05) is 0 Å². The van der Waals surface area contributed by atoms with Gasteiger partial charge in [-0.2, -0.15) is 4.72 Å². The van der Waals surface area contributed by atoms with E-state index in [1.165, 1.54) is 34.1 Å². The zero-order chi connectivity index (χ0) is 25.8. The van der Waals surface area contributed by atoms with Gasteiger partial charge in [0.1, 0.15) is 12.2 Å². The van der Waals surface area contributed by atoms with Crippen molar-refractivity contribution >= 4 is 39.1 Å². The summed E-state index contributed by atoms with van der Waals surface area (Å²) in [5.41, 5.74) is 0.615. The van der Waals surface area contributed by atoms with E-state index in [1.54, 1.807) is 6.92 Å². The third-order valence-corrected chi connectivity index (χ3v) is 6.30. The van der Waals surface area contributed by atoms with Gasteiger partial charge in [0.15, 0.2) is 6.10 Å². The number of Topliss-reactive ketones (excluding diaryl/α,β-unsaturated/α-hetero) is 1. The van der Waals surface area contributed by atoms with E-state index < -0.39 is 55.9 Å². The molecule has 0 fully saturated rings. The third kappa shape index (κ3) is 5.58. The number of esters is 2. The van der Waals surface area contributed by atoms with E-state index in [4.69, 9.17) is 4.74 Å². The Bertz CT molecular complexity index is 1250. The fraction of sp³-hybridized carbons (Fsp3) is 0.350. The number of carbonyl (C=O) groups excluding carboxylic acids is 3. The van der Waals surface area contributed by atoms with Crippen LogP contribution in [0.4, 0.5) is 11.4 Å². The SMILES string of the molecule is CNc1ccc(S(=O)(=O)NCC(=O)OC(C)C(=O)c2[nH]c(C)c(C(=O)OC)c2C)cc1[N+](=O)[O-]. The number of methoxy groups -OCH3 is 1. The Hall–Kier alpha value is -3.78. The van der Waals surface area contributed by atoms with Crippen LogP contribution in [-0.2, 0) is 24.3 Å². The molecule has 2 rings (SSSR count). The molecule has 13 nitrogen and oxygen atoms in total. The Morgan fingerprint density at radius 1 is 1.24 bits per heavy atom. The molecule has 34 heavy (non-hydrogen) atoms. The molecule has 1 aromatic heterocycles. The molecule has 0 aliphatic heterocycles. The minimum Gasteiger partial charge on any atom is -0.465 e. The number of anilines is 1. The van der Waals surface area contributed by atoms with E-state index in [0.717, 1.165) is 12.1 Å². The van der Waals surface area contributed by atoms with Crippen LogP contribution in [-0.4, -0.2) is 62.9 Å². The first-order valence-corrected chi connectivity index (χ1v) is 11.3. The Balaban J connectivity index is 2.09. The zero-order valence-corrected chi connectivity index (χ0v) is 19.9. The van der Waals surface area contributed by atoms with Crippen molar-refractivity contribution in [3.05, 3.63) is 50.8 Å². The minimum absolute atomic E-state index is 0.0516. The van der Waals surface area contributed by atoms with Gasteiger partial charge in [-0.15, -0.1) is 0 Å². The van der Waals surface area contributed by atoms with Gasteiger partial charge >= 0.3 is 11.9 Å². The summed E-state index contributed by atoms with van der Waals surface area (Å²) in [5, 5.41) is 13.7. The van der Waals surface area contributed by atoms with Crippen molar-refractivity contribution in [2.75, 3.05) is 26.0 Å². The number of H-pyrrole nitrogens is 1. The van der Waals surface area contributed by atoms with Gasteiger partial charge in [0.2, 0.25) is 15.8 Å². The van der Waals surface area contributed by atoms with Crippen molar-refractivity contribution < 1.29 is 37.2 Å². The predicted octanol–water partition coefficient (Wildman–Crippen LogP) is 1.46. The molecule has 1 aromatic carbocycles. The highest BCUT2D eigenvalue weighted by Gasteiger charge is 2.28. The molecular weight excluding hydrogens is 472 g/mol. The van der Waals surface area contributed by atoms with Crippen molar-refractivity contribution in [1.82, 2.24) is 9.71 Å². The number of nitrogens with one attached hydrogen (secondary N) is 3. The van der Waals surface area contributed by atoms with E-state index in [2.05, 4.69) is 15.0 Å². The lowest BCUT2D eigenvalue weighted by Gasteiger charge is -2.13. The predicted molar refractivity (Wildman–Crippen MR) is 119 cm³/mol. The lowest BCUT2D eigenvalue weighted by molar-refractivity contribution is -0.384. The second kappa shape index (κ2) is 10.4. The summed E-state index contributed by atoms with van der Waals surface area (Å²) in [6.45, 7) is 3.58. The molecule has 3 N–H and O–H groups in total. The minimum atomic E-state index is -4.29. The number of aryl methyl sites for hydroxylation is 1. The van der Waals surface area contributed by atoms with Crippen LogP contribution in [0.25, 0.3) is 0 Å². The largest absolute Gasteiger partial charge is 0.465 e. The smallest absolute Gasteiger partial charge is 0.339 e. The summed E-state index contributed by atoms with van der Waals surface area (Å²) in [6, 6.07) is 3.20. The standard InChI is InChI=1S/C20H24N4O9S/c1-10-17(20(27)32-5)11(2)23-18(10)19(26)12(3)33-16(25)9-22-34(30,31)13-6-7-14(21-4)15(8-13)24(28)29/h6-8,12,21-23H,9H2,1-5H3. The highest BCUT2D eigenvalue weighted by atomic mass is 32.2. The Morgan fingerprint density at radius 2 is 1.88 bits per heavy atom. The monoisotopic (exact) mass is 496 g/mol. The van der Waals surface area contributed by atoms with Crippen molar-refractivity contribution in [1.29, 1.82) is 0 Å². The van der Waals surface area contributed by atoms with E-state index in [1.807, 2.05) is 4.72 Å². The molecule has 2 aromatic rings. The van der Waals surface area contributed by atoms with E-state index in [9.17, 15) is 32.9 Å². The molecular formula is C20H24N4O9S. The highest BCUT2D eigenvalue weighted by Crippen LogP contribution is 2.27. The number of aromatic amines is 1. The lowest BCUT2D eigenvalue weighted by Crippen LogP contribution is -2.34. The average Bonchev–Trinajstić information content (AvgIpc) is 3.09. The number of hydrogen-bond donors (Lipinski definition) is 3. The van der Waals surface area contributed by atoms with Crippen LogP contribution in [0.15, 0.2) is 23.1 Å². The molecule has 0 bridgehead atoms. The highest BCUT2D eigenvalue weighted by molar-refractivity contribution is 7.89. The van der Waals surface area contributed by atoms with Crippen molar-refractivity contribution in [2.24, 2.45) is 0 Å².